The molecule has 0 radical (unpaired) electrons. The summed E-state index contributed by atoms with van der Waals surface area (Å²) in [4.78, 5) is 14.1. The van der Waals surface area contributed by atoms with E-state index in [1.807, 2.05) is 6.07 Å². The summed E-state index contributed by atoms with van der Waals surface area (Å²) in [5.74, 6) is 0.197. The maximum Gasteiger partial charge on any atom is 0.270 e. The highest BCUT2D eigenvalue weighted by Gasteiger charge is 2.23. The fraction of sp³-hybridized carbons (Fsp3) is 0.412. The van der Waals surface area contributed by atoms with Crippen LogP contribution in [-0.2, 0) is 5.41 Å². The number of H-pyrrole nitrogens is 1. The van der Waals surface area contributed by atoms with Gasteiger partial charge in [0, 0.05) is 34.2 Å². The van der Waals surface area contributed by atoms with Gasteiger partial charge in [-0.05, 0) is 30.9 Å². The van der Waals surface area contributed by atoms with Gasteiger partial charge in [-0.1, -0.05) is 20.8 Å². The summed E-state index contributed by atoms with van der Waals surface area (Å²) in [6.07, 6.45) is 2.79. The Kier molecular flexibility index (Phi) is 3.24. The highest BCUT2D eigenvalue weighted by Crippen LogP contribution is 2.37. The molecule has 0 unspecified atom stereocenters. The van der Waals surface area contributed by atoms with Crippen molar-refractivity contribution in [3.8, 4) is 0 Å². The van der Waals surface area contributed by atoms with E-state index in [1.165, 1.54) is 6.07 Å². The second-order valence-corrected chi connectivity index (χ2v) is 6.95. The van der Waals surface area contributed by atoms with Crippen LogP contribution in [0, 0.1) is 10.1 Å². The first kappa shape index (κ1) is 14.6. The number of aliphatic hydroxyl groups is 1. The van der Waals surface area contributed by atoms with Gasteiger partial charge in [0.25, 0.3) is 5.69 Å². The van der Waals surface area contributed by atoms with Gasteiger partial charge >= 0.3 is 0 Å². The lowest BCUT2D eigenvalue weighted by atomic mass is 9.89. The summed E-state index contributed by atoms with van der Waals surface area (Å²) in [5.41, 5.74) is 3.20. The lowest BCUT2D eigenvalue weighted by Crippen LogP contribution is -2.11. The standard InChI is InChI=1S/C17H20N2O3/c1-17(2,3)14-8-11-7-12(19(21)22)9-13(15(11)18-14)16(20)10-5-4-6-10/h7-9,18,20H,4-6H2,1-3H3. The number of hydrogen-bond donors (Lipinski definition) is 2. The molecule has 2 aromatic rings. The van der Waals surface area contributed by atoms with Crippen molar-refractivity contribution in [3.05, 3.63) is 45.1 Å². The van der Waals surface area contributed by atoms with Crippen molar-refractivity contribution >= 4 is 22.3 Å². The molecule has 5 heteroatoms. The van der Waals surface area contributed by atoms with Gasteiger partial charge < -0.3 is 10.1 Å². The molecule has 1 aromatic heterocycles. The molecule has 0 aliphatic heterocycles. The zero-order chi connectivity index (χ0) is 16.1. The van der Waals surface area contributed by atoms with E-state index in [1.54, 1.807) is 6.07 Å². The van der Waals surface area contributed by atoms with Gasteiger partial charge in [0.05, 0.1) is 10.4 Å². The Morgan fingerprint density at radius 1 is 1.27 bits per heavy atom. The summed E-state index contributed by atoms with van der Waals surface area (Å²) in [7, 11) is 0. The van der Waals surface area contributed by atoms with Crippen LogP contribution < -0.4 is 0 Å². The molecule has 0 bridgehead atoms. The zero-order valence-corrected chi connectivity index (χ0v) is 13.1. The molecule has 0 amide bonds. The van der Waals surface area contributed by atoms with Gasteiger partial charge in [-0.2, -0.15) is 0 Å². The second-order valence-electron chi connectivity index (χ2n) is 6.95. The smallest absolute Gasteiger partial charge is 0.270 e. The van der Waals surface area contributed by atoms with Gasteiger partial charge in [0.1, 0.15) is 5.76 Å². The number of non-ortho nitro benzene ring substituents is 1. The minimum Gasteiger partial charge on any atom is -0.507 e. The SMILES string of the molecule is CC(C)(C)c1cc2cc([N+](=O)[O-])cc(C(O)=C3CCC3)c2[nH]1. The highest BCUT2D eigenvalue weighted by atomic mass is 16.6. The molecule has 1 aliphatic rings. The van der Waals surface area contributed by atoms with Crippen molar-refractivity contribution in [1.29, 1.82) is 0 Å². The Labute approximate surface area is 128 Å². The summed E-state index contributed by atoms with van der Waals surface area (Å²) in [6.45, 7) is 6.24. The Morgan fingerprint density at radius 2 is 1.95 bits per heavy atom. The van der Waals surface area contributed by atoms with Crippen LogP contribution in [0.5, 0.6) is 0 Å². The molecule has 116 valence electrons. The van der Waals surface area contributed by atoms with Gasteiger partial charge in [0.2, 0.25) is 0 Å². The van der Waals surface area contributed by atoms with Crippen LogP contribution in [0.15, 0.2) is 23.8 Å². The number of nitrogens with zero attached hydrogens (tertiary/aromatic N) is 1. The third kappa shape index (κ3) is 2.36. The van der Waals surface area contributed by atoms with Crippen LogP contribution in [0.3, 0.4) is 0 Å². The lowest BCUT2D eigenvalue weighted by molar-refractivity contribution is -0.384. The number of aliphatic hydroxyl groups excluding tert-OH is 1. The summed E-state index contributed by atoms with van der Waals surface area (Å²) < 4.78 is 0. The van der Waals surface area contributed by atoms with Crippen LogP contribution in [0.25, 0.3) is 16.7 Å². The average molecular weight is 300 g/mol. The summed E-state index contributed by atoms with van der Waals surface area (Å²) in [5, 5.41) is 22.4. The molecule has 2 N–H and O–H groups in total. The van der Waals surface area contributed by atoms with Crippen molar-refractivity contribution in [2.24, 2.45) is 0 Å². The fourth-order valence-corrected chi connectivity index (χ4v) is 2.71. The summed E-state index contributed by atoms with van der Waals surface area (Å²) >= 11 is 0. The molecule has 1 aromatic carbocycles. The highest BCUT2D eigenvalue weighted by molar-refractivity contribution is 5.93. The van der Waals surface area contributed by atoms with Crippen molar-refractivity contribution in [3.63, 3.8) is 0 Å². The molecule has 1 aliphatic carbocycles. The first-order valence-corrected chi connectivity index (χ1v) is 7.50. The number of nitro groups is 1. The number of fused-ring (bicyclic) bond motifs is 1. The van der Waals surface area contributed by atoms with Crippen LogP contribution in [0.1, 0.15) is 51.3 Å². The maximum atomic E-state index is 11.2. The molecule has 1 fully saturated rings. The van der Waals surface area contributed by atoms with Crippen LogP contribution in [0.2, 0.25) is 0 Å². The first-order valence-electron chi connectivity index (χ1n) is 7.50. The van der Waals surface area contributed by atoms with Crippen LogP contribution in [-0.4, -0.2) is 15.0 Å². The molecule has 0 spiro atoms. The largest absolute Gasteiger partial charge is 0.507 e. The lowest BCUT2D eigenvalue weighted by Gasteiger charge is -2.19. The van der Waals surface area contributed by atoms with E-state index in [-0.39, 0.29) is 16.9 Å². The number of hydrogen-bond acceptors (Lipinski definition) is 3. The van der Waals surface area contributed by atoms with E-state index < -0.39 is 4.92 Å². The molecule has 22 heavy (non-hydrogen) atoms. The number of rotatable bonds is 2. The van der Waals surface area contributed by atoms with E-state index in [0.717, 1.165) is 41.4 Å². The van der Waals surface area contributed by atoms with Crippen molar-refractivity contribution in [2.45, 2.75) is 45.4 Å². The molecule has 5 nitrogen and oxygen atoms in total. The van der Waals surface area contributed by atoms with Gasteiger partial charge in [-0.3, -0.25) is 10.1 Å². The van der Waals surface area contributed by atoms with Crippen LogP contribution >= 0.6 is 0 Å². The van der Waals surface area contributed by atoms with E-state index in [0.29, 0.717) is 5.56 Å². The molecular weight excluding hydrogens is 280 g/mol. The van der Waals surface area contributed by atoms with E-state index in [9.17, 15) is 15.2 Å². The minimum atomic E-state index is -0.411. The molecule has 1 saturated carbocycles. The van der Waals surface area contributed by atoms with Crippen LogP contribution in [0.4, 0.5) is 5.69 Å². The number of nitrogens with one attached hydrogen (secondary N) is 1. The van der Waals surface area contributed by atoms with E-state index in [4.69, 9.17) is 0 Å². The summed E-state index contributed by atoms with van der Waals surface area (Å²) in [6, 6.07) is 4.96. The quantitative estimate of drug-likeness (QED) is 0.474. The third-order valence-electron chi connectivity index (χ3n) is 4.28. The van der Waals surface area contributed by atoms with E-state index in [2.05, 4.69) is 25.8 Å². The molecule has 0 atom stereocenters. The fourth-order valence-electron chi connectivity index (χ4n) is 2.71. The number of allylic oxidation sites excluding steroid dienone is 1. The Bertz CT molecular complexity index is 788. The number of nitro benzene ring substituents is 1. The number of aromatic nitrogens is 1. The van der Waals surface area contributed by atoms with Crippen molar-refractivity contribution in [1.82, 2.24) is 4.98 Å². The molecular formula is C17H20N2O3. The average Bonchev–Trinajstić information content (AvgIpc) is 2.78. The monoisotopic (exact) mass is 300 g/mol. The molecule has 0 saturated heterocycles. The minimum absolute atomic E-state index is 0.00781. The van der Waals surface area contributed by atoms with Gasteiger partial charge in [0.15, 0.2) is 0 Å². The van der Waals surface area contributed by atoms with E-state index >= 15 is 0 Å². The van der Waals surface area contributed by atoms with Gasteiger partial charge in [-0.15, -0.1) is 0 Å². The first-order chi connectivity index (χ1) is 10.3. The number of benzene rings is 1. The van der Waals surface area contributed by atoms with Gasteiger partial charge in [-0.25, -0.2) is 0 Å². The predicted octanol–water partition coefficient (Wildman–Crippen LogP) is 4.83. The normalized spacial score (nSPS) is 15.0. The third-order valence-corrected chi connectivity index (χ3v) is 4.28. The molecule has 1 heterocycles. The maximum absolute atomic E-state index is 11.2. The zero-order valence-electron chi connectivity index (χ0n) is 13.1. The predicted molar refractivity (Wildman–Crippen MR) is 87.1 cm³/mol. The van der Waals surface area contributed by atoms with Crippen molar-refractivity contribution < 1.29 is 10.0 Å². The Morgan fingerprint density at radius 3 is 2.45 bits per heavy atom. The Hall–Kier alpha value is -2.30. The molecule has 3 rings (SSSR count). The Balaban J connectivity index is 2.28. The topological polar surface area (TPSA) is 79.2 Å². The second kappa shape index (κ2) is 4.87. The van der Waals surface area contributed by atoms with Crippen molar-refractivity contribution in [2.75, 3.05) is 0 Å². The number of aromatic amines is 1.